The van der Waals surface area contributed by atoms with Gasteiger partial charge >= 0.3 is 5.97 Å². The maximum Gasteiger partial charge on any atom is 0.379 e. The molecule has 6 rings (SSSR count). The average molecular weight is 786 g/mol. The van der Waals surface area contributed by atoms with Crippen LogP contribution in [-0.2, 0) is 9.59 Å². The number of esters is 1. The van der Waals surface area contributed by atoms with Gasteiger partial charge in [0.15, 0.2) is 10.1 Å². The number of hydrazine groups is 1. The number of rotatable bonds is 7. The fourth-order valence-corrected chi connectivity index (χ4v) is 9.16. The van der Waals surface area contributed by atoms with Gasteiger partial charge in [-0.3, -0.25) is 19.2 Å². The molecule has 1 saturated heterocycles. The zero-order valence-electron chi connectivity index (χ0n) is 22.4. The number of Topliss-reactive ketones (excluding diaryl/α,β-unsaturated/α-hetero) is 1. The van der Waals surface area contributed by atoms with E-state index in [1.165, 1.54) is 60.9 Å². The van der Waals surface area contributed by atoms with Crippen molar-refractivity contribution in [2.24, 2.45) is 11.8 Å². The molecule has 3 aliphatic rings. The second kappa shape index (κ2) is 11.6. The van der Waals surface area contributed by atoms with E-state index in [4.69, 9.17) is 102 Å². The molecule has 46 heavy (non-hydrogen) atoms. The highest BCUT2D eigenvalue weighted by Gasteiger charge is 2.88. The van der Waals surface area contributed by atoms with Crippen LogP contribution in [0.5, 0.6) is 5.75 Å². The van der Waals surface area contributed by atoms with Crippen molar-refractivity contribution in [3.63, 3.8) is 0 Å². The molecule has 2 aliphatic carbocycles. The lowest BCUT2D eigenvalue weighted by atomic mass is 9.84. The maximum atomic E-state index is 14.1. The van der Waals surface area contributed by atoms with Crippen LogP contribution in [0.25, 0.3) is 0 Å². The summed E-state index contributed by atoms with van der Waals surface area (Å²) in [5, 5.41) is 0.465. The highest BCUT2D eigenvalue weighted by molar-refractivity contribution is 6.66. The molecule has 4 atom stereocenters. The van der Waals surface area contributed by atoms with Crippen molar-refractivity contribution in [1.29, 1.82) is 0 Å². The van der Waals surface area contributed by atoms with Crippen molar-refractivity contribution < 1.29 is 33.1 Å². The van der Waals surface area contributed by atoms with E-state index in [1.807, 2.05) is 0 Å². The highest BCUT2D eigenvalue weighted by Crippen LogP contribution is 2.77. The molecule has 3 amide bonds. The molecule has 0 spiro atoms. The van der Waals surface area contributed by atoms with Crippen LogP contribution in [0.2, 0.25) is 10.0 Å². The van der Waals surface area contributed by atoms with E-state index in [0.29, 0.717) is 10.0 Å². The number of carbonyl (C=O) groups excluding carboxylic acids is 5. The van der Waals surface area contributed by atoms with Gasteiger partial charge in [-0.2, -0.15) is 5.01 Å². The maximum absolute atomic E-state index is 14.1. The van der Waals surface area contributed by atoms with Crippen LogP contribution >= 0.6 is 92.8 Å². The lowest BCUT2D eigenvalue weighted by Crippen LogP contribution is -2.56. The van der Waals surface area contributed by atoms with E-state index in [0.717, 1.165) is 0 Å². The topological polar surface area (TPSA) is 114 Å². The van der Waals surface area contributed by atoms with Gasteiger partial charge in [0.2, 0.25) is 5.76 Å². The first-order valence-electron chi connectivity index (χ1n) is 12.9. The van der Waals surface area contributed by atoms with Crippen LogP contribution in [0.15, 0.2) is 75.3 Å². The summed E-state index contributed by atoms with van der Waals surface area (Å²) < 4.78 is 8.01. The first-order valence-corrected chi connectivity index (χ1v) is 15.9. The van der Waals surface area contributed by atoms with Gasteiger partial charge in [0.25, 0.3) is 17.7 Å². The fraction of sp³-hybridized carbons (Fsp3) is 0.207. The van der Waals surface area contributed by atoms with Gasteiger partial charge in [0, 0.05) is 10.6 Å². The largest absolute Gasteiger partial charge is 0.457 e. The number of fused-ring (bicyclic) bond motifs is 5. The van der Waals surface area contributed by atoms with Crippen LogP contribution in [0.1, 0.15) is 31.3 Å². The number of carbonyl (C=O) groups is 5. The molecule has 0 unspecified atom stereocenters. The Morgan fingerprint density at radius 2 is 1.43 bits per heavy atom. The fourth-order valence-electron chi connectivity index (χ4n) is 5.74. The van der Waals surface area contributed by atoms with E-state index < -0.39 is 61.9 Å². The molecule has 3 aromatic rings. The molecular formula is C29H14Cl8N2O7. The summed E-state index contributed by atoms with van der Waals surface area (Å²) in [5.41, 5.74) is -0.174. The Bertz CT molecular complexity index is 1830. The van der Waals surface area contributed by atoms with Crippen molar-refractivity contribution in [2.45, 2.75) is 14.1 Å². The van der Waals surface area contributed by atoms with Crippen molar-refractivity contribution >= 4 is 122 Å². The lowest BCUT2D eigenvalue weighted by Gasteiger charge is -2.36. The van der Waals surface area contributed by atoms with Crippen LogP contribution < -0.4 is 4.74 Å². The minimum absolute atomic E-state index is 0.0214. The molecule has 238 valence electrons. The second-order valence-electron chi connectivity index (χ2n) is 10.4. The van der Waals surface area contributed by atoms with Crippen molar-refractivity contribution in [1.82, 2.24) is 10.0 Å². The Morgan fingerprint density at radius 3 is 1.96 bits per heavy atom. The van der Waals surface area contributed by atoms with E-state index in [-0.39, 0.29) is 42.7 Å². The van der Waals surface area contributed by atoms with Crippen LogP contribution in [0.3, 0.4) is 0 Å². The molecular weight excluding hydrogens is 772 g/mol. The molecule has 2 fully saturated rings. The average Bonchev–Trinajstić information content (AvgIpc) is 3.69. The lowest BCUT2D eigenvalue weighted by molar-refractivity contribution is -0.154. The van der Waals surface area contributed by atoms with E-state index in [1.54, 1.807) is 0 Å². The molecule has 17 heteroatoms. The monoisotopic (exact) mass is 782 g/mol. The molecule has 1 aromatic heterocycles. The first-order chi connectivity index (χ1) is 21.6. The number of nitrogens with zero attached hydrogens (tertiary/aromatic N) is 2. The smallest absolute Gasteiger partial charge is 0.379 e. The number of ether oxygens (including phenoxy) is 1. The number of amides is 3. The third kappa shape index (κ3) is 4.62. The van der Waals surface area contributed by atoms with Gasteiger partial charge in [-0.15, -0.1) is 23.2 Å². The number of halogens is 8. The Morgan fingerprint density at radius 1 is 0.848 bits per heavy atom. The summed E-state index contributed by atoms with van der Waals surface area (Å²) in [7, 11) is 0. The van der Waals surface area contributed by atoms with E-state index in [2.05, 4.69) is 0 Å². The Balaban J connectivity index is 1.35. The Kier molecular flexibility index (Phi) is 8.43. The number of imide groups is 1. The number of ketones is 1. The molecule has 0 radical (unpaired) electrons. The SMILES string of the molecule is O=C(CN(C(=O)c1ccc(Cl)cc1Cl)N1C(=O)[C@H]2[C@H](C1=O)[C@@]1(Cl)C(Cl)=C(Cl)[C@@]2(Cl)C1(Cl)Cl)c1ccc(OC(=O)c2ccco2)cc1. The highest BCUT2D eigenvalue weighted by atomic mass is 35.5. The Labute approximate surface area is 299 Å². The Hall–Kier alpha value is -2.47. The minimum atomic E-state index is -2.21. The summed E-state index contributed by atoms with van der Waals surface area (Å²) in [5.74, 6) is -7.75. The van der Waals surface area contributed by atoms with Gasteiger partial charge in [-0.1, -0.05) is 69.6 Å². The van der Waals surface area contributed by atoms with E-state index >= 15 is 0 Å². The van der Waals surface area contributed by atoms with Gasteiger partial charge in [0.1, 0.15) is 22.0 Å². The summed E-state index contributed by atoms with van der Waals surface area (Å²) >= 11 is 51.8. The summed E-state index contributed by atoms with van der Waals surface area (Å²) in [4.78, 5) is 63.6. The predicted octanol–water partition coefficient (Wildman–Crippen LogP) is 7.49. The zero-order valence-corrected chi connectivity index (χ0v) is 28.5. The summed E-state index contributed by atoms with van der Waals surface area (Å²) in [6, 6.07) is 12.1. The molecule has 2 aromatic carbocycles. The number of alkyl halides is 4. The minimum Gasteiger partial charge on any atom is -0.457 e. The third-order valence-corrected chi connectivity index (χ3v) is 12.7. The third-order valence-electron chi connectivity index (χ3n) is 7.93. The van der Waals surface area contributed by atoms with Crippen LogP contribution in [0.4, 0.5) is 0 Å². The quantitative estimate of drug-likeness (QED) is 0.0802. The molecule has 0 N–H and O–H groups in total. The number of benzene rings is 2. The summed E-state index contributed by atoms with van der Waals surface area (Å²) in [6.45, 7) is -0.855. The van der Waals surface area contributed by atoms with Gasteiger partial charge in [0.05, 0.1) is 38.7 Å². The number of furan rings is 1. The molecule has 1 saturated carbocycles. The number of allylic oxidation sites excluding steroid dienone is 2. The van der Waals surface area contributed by atoms with Crippen molar-refractivity contribution in [3.8, 4) is 5.75 Å². The number of hydrogen-bond donors (Lipinski definition) is 0. The van der Waals surface area contributed by atoms with Crippen molar-refractivity contribution in [3.05, 3.63) is 97.9 Å². The van der Waals surface area contributed by atoms with Crippen LogP contribution in [-0.4, -0.2) is 60.1 Å². The standard InChI is InChI=1S/C29H14Cl8N2O7/c30-13-5-8-15(16(31)10-13)23(41)38(11-17(40)12-3-6-14(7-4-12)46-26(44)18-2-1-9-45-18)39-24(42)19-20(25(39)43)28(35)22(33)21(32)27(19,34)29(28,36)37/h1-10,19-20H,11H2/t19-,20-,27-,28-/m1/s1. The molecule has 9 nitrogen and oxygen atoms in total. The molecule has 2 bridgehead atoms. The normalized spacial score (nSPS) is 26.0. The van der Waals surface area contributed by atoms with Crippen molar-refractivity contribution in [2.75, 3.05) is 6.54 Å². The zero-order chi connectivity index (χ0) is 33.5. The molecule has 2 heterocycles. The van der Waals surface area contributed by atoms with Gasteiger partial charge in [-0.25, -0.2) is 9.80 Å². The molecule has 1 aliphatic heterocycles. The first kappa shape index (κ1) is 33.4. The predicted molar refractivity (Wildman–Crippen MR) is 171 cm³/mol. The van der Waals surface area contributed by atoms with Gasteiger partial charge in [-0.05, 0) is 54.6 Å². The second-order valence-corrected chi connectivity index (χ2v) is 14.5. The van der Waals surface area contributed by atoms with Gasteiger partial charge < -0.3 is 9.15 Å². The number of hydrogen-bond acceptors (Lipinski definition) is 7. The van der Waals surface area contributed by atoms with E-state index in [9.17, 15) is 24.0 Å². The van der Waals surface area contributed by atoms with Crippen LogP contribution in [0, 0.1) is 11.8 Å². The summed E-state index contributed by atoms with van der Waals surface area (Å²) in [6.07, 6.45) is 1.30.